The monoisotopic (exact) mass is 267 g/mol. The molecule has 3 N–H and O–H groups in total. The minimum atomic E-state index is -0.379. The number of halogens is 1. The van der Waals surface area contributed by atoms with Gasteiger partial charge in [-0.05, 0) is 37.2 Å². The number of anilines is 1. The Morgan fingerprint density at radius 2 is 2.21 bits per heavy atom. The number of carbonyl (C=O) groups is 1. The van der Waals surface area contributed by atoms with Crippen LogP contribution in [0.5, 0.6) is 0 Å². The Labute approximate surface area is 113 Å². The second-order valence-electron chi connectivity index (χ2n) is 4.54. The van der Waals surface area contributed by atoms with E-state index in [-0.39, 0.29) is 18.3 Å². The highest BCUT2D eigenvalue weighted by Gasteiger charge is 2.13. The predicted octanol–water partition coefficient (Wildman–Crippen LogP) is 1.64. The van der Waals surface area contributed by atoms with Gasteiger partial charge in [-0.1, -0.05) is 13.3 Å². The van der Waals surface area contributed by atoms with Gasteiger partial charge < -0.3 is 16.0 Å². The largest absolute Gasteiger partial charge is 0.368 e. The first kappa shape index (κ1) is 15.4. The first-order valence-electron chi connectivity index (χ1n) is 6.54. The average Bonchev–Trinajstić information content (AvgIpc) is 2.35. The van der Waals surface area contributed by atoms with Crippen LogP contribution in [0.3, 0.4) is 0 Å². The lowest BCUT2D eigenvalue weighted by Gasteiger charge is -2.26. The average molecular weight is 267 g/mol. The highest BCUT2D eigenvalue weighted by Crippen LogP contribution is 2.22. The van der Waals surface area contributed by atoms with E-state index in [2.05, 4.69) is 12.2 Å². The third-order valence-electron chi connectivity index (χ3n) is 2.88. The van der Waals surface area contributed by atoms with Crippen LogP contribution in [-0.4, -0.2) is 26.0 Å². The van der Waals surface area contributed by atoms with Crippen LogP contribution >= 0.6 is 0 Å². The summed E-state index contributed by atoms with van der Waals surface area (Å²) in [6.45, 7) is 3.53. The Morgan fingerprint density at radius 3 is 2.79 bits per heavy atom. The van der Waals surface area contributed by atoms with Crippen molar-refractivity contribution in [3.05, 3.63) is 29.6 Å². The van der Waals surface area contributed by atoms with Gasteiger partial charge in [-0.25, -0.2) is 4.39 Å². The summed E-state index contributed by atoms with van der Waals surface area (Å²) < 4.78 is 13.3. The lowest BCUT2D eigenvalue weighted by molar-refractivity contribution is -0.116. The van der Waals surface area contributed by atoms with Crippen LogP contribution in [0, 0.1) is 5.82 Å². The van der Waals surface area contributed by atoms with Crippen LogP contribution in [0.25, 0.3) is 0 Å². The fraction of sp³-hybridized carbons (Fsp3) is 0.500. The number of primary amides is 1. The Bertz CT molecular complexity index is 423. The molecule has 0 bridgehead atoms. The first-order valence-corrected chi connectivity index (χ1v) is 6.54. The maximum Gasteiger partial charge on any atom is 0.236 e. The Kier molecular flexibility index (Phi) is 6.29. The van der Waals surface area contributed by atoms with E-state index in [1.165, 1.54) is 12.1 Å². The van der Waals surface area contributed by atoms with E-state index in [0.29, 0.717) is 6.54 Å². The molecule has 1 amide bonds. The Hall–Kier alpha value is -1.62. The third kappa shape index (κ3) is 4.87. The van der Waals surface area contributed by atoms with Gasteiger partial charge in [0.2, 0.25) is 5.91 Å². The molecular weight excluding hydrogens is 245 g/mol. The molecule has 0 atom stereocenters. The molecule has 0 fully saturated rings. The van der Waals surface area contributed by atoms with Crippen molar-refractivity contribution < 1.29 is 9.18 Å². The molecule has 1 aromatic rings. The molecule has 0 heterocycles. The van der Waals surface area contributed by atoms with E-state index >= 15 is 0 Å². The first-order chi connectivity index (χ1) is 9.08. The molecule has 106 valence electrons. The minimum Gasteiger partial charge on any atom is -0.368 e. The zero-order valence-electron chi connectivity index (χ0n) is 11.6. The van der Waals surface area contributed by atoms with E-state index in [0.717, 1.165) is 30.6 Å². The molecule has 5 heteroatoms. The summed E-state index contributed by atoms with van der Waals surface area (Å²) in [5, 5.41) is 3.01. The standard InChI is InChI=1S/C14H22FN3O/c1-3-4-7-18(10-14(16)19)13-6-5-12(15)8-11(13)9-17-2/h5-6,8,17H,3-4,7,9-10H2,1-2H3,(H2,16,19). The lowest BCUT2D eigenvalue weighted by Crippen LogP contribution is -2.35. The molecule has 1 aromatic carbocycles. The van der Waals surface area contributed by atoms with Gasteiger partial charge in [-0.15, -0.1) is 0 Å². The Morgan fingerprint density at radius 1 is 1.47 bits per heavy atom. The molecule has 0 aliphatic rings. The summed E-state index contributed by atoms with van der Waals surface area (Å²) >= 11 is 0. The van der Waals surface area contributed by atoms with E-state index in [1.54, 1.807) is 13.1 Å². The van der Waals surface area contributed by atoms with Crippen molar-refractivity contribution in [1.82, 2.24) is 5.32 Å². The fourth-order valence-corrected chi connectivity index (χ4v) is 2.02. The topological polar surface area (TPSA) is 58.4 Å². The number of hydrogen-bond donors (Lipinski definition) is 2. The van der Waals surface area contributed by atoms with Crippen LogP contribution in [0.4, 0.5) is 10.1 Å². The highest BCUT2D eigenvalue weighted by molar-refractivity contribution is 5.80. The number of nitrogens with one attached hydrogen (secondary N) is 1. The number of rotatable bonds is 8. The summed E-state index contributed by atoms with van der Waals surface area (Å²) in [6.07, 6.45) is 1.99. The second-order valence-corrected chi connectivity index (χ2v) is 4.54. The van der Waals surface area contributed by atoms with Gasteiger partial charge in [-0.3, -0.25) is 4.79 Å². The molecule has 0 saturated carbocycles. The number of benzene rings is 1. The van der Waals surface area contributed by atoms with Gasteiger partial charge in [0.25, 0.3) is 0 Å². The molecule has 1 rings (SSSR count). The maximum atomic E-state index is 13.3. The highest BCUT2D eigenvalue weighted by atomic mass is 19.1. The van der Waals surface area contributed by atoms with Crippen molar-refractivity contribution in [2.75, 3.05) is 25.0 Å². The lowest BCUT2D eigenvalue weighted by atomic mass is 10.1. The van der Waals surface area contributed by atoms with Gasteiger partial charge >= 0.3 is 0 Å². The quantitative estimate of drug-likeness (QED) is 0.753. The molecule has 0 unspecified atom stereocenters. The third-order valence-corrected chi connectivity index (χ3v) is 2.88. The van der Waals surface area contributed by atoms with Crippen LogP contribution in [0.15, 0.2) is 18.2 Å². The van der Waals surface area contributed by atoms with Gasteiger partial charge in [0.1, 0.15) is 5.82 Å². The van der Waals surface area contributed by atoms with Crippen molar-refractivity contribution in [1.29, 1.82) is 0 Å². The maximum absolute atomic E-state index is 13.3. The second kappa shape index (κ2) is 7.74. The van der Waals surface area contributed by atoms with Crippen molar-refractivity contribution in [3.8, 4) is 0 Å². The van der Waals surface area contributed by atoms with Gasteiger partial charge in [0, 0.05) is 18.8 Å². The summed E-state index contributed by atoms with van der Waals surface area (Å²) in [5.41, 5.74) is 6.98. The zero-order chi connectivity index (χ0) is 14.3. The summed E-state index contributed by atoms with van der Waals surface area (Å²) in [7, 11) is 1.80. The van der Waals surface area contributed by atoms with Gasteiger partial charge in [-0.2, -0.15) is 0 Å². The number of nitrogens with zero attached hydrogens (tertiary/aromatic N) is 1. The van der Waals surface area contributed by atoms with Crippen LogP contribution in [-0.2, 0) is 11.3 Å². The molecule has 0 saturated heterocycles. The van der Waals surface area contributed by atoms with E-state index in [4.69, 9.17) is 5.73 Å². The van der Waals surface area contributed by atoms with Crippen molar-refractivity contribution in [2.45, 2.75) is 26.3 Å². The molecule has 4 nitrogen and oxygen atoms in total. The van der Waals surface area contributed by atoms with Crippen LogP contribution in [0.2, 0.25) is 0 Å². The summed E-state index contributed by atoms with van der Waals surface area (Å²) in [6, 6.07) is 4.61. The van der Waals surface area contributed by atoms with E-state index in [1.807, 2.05) is 4.90 Å². The van der Waals surface area contributed by atoms with Crippen molar-refractivity contribution in [3.63, 3.8) is 0 Å². The minimum absolute atomic E-state index is 0.155. The fourth-order valence-electron chi connectivity index (χ4n) is 2.02. The number of unbranched alkanes of at least 4 members (excludes halogenated alkanes) is 1. The number of nitrogens with two attached hydrogens (primary N) is 1. The molecule has 0 aromatic heterocycles. The number of hydrogen-bond acceptors (Lipinski definition) is 3. The number of carbonyl (C=O) groups excluding carboxylic acids is 1. The molecule has 0 spiro atoms. The predicted molar refractivity (Wildman–Crippen MR) is 75.5 cm³/mol. The number of amides is 1. The van der Waals surface area contributed by atoms with Crippen molar-refractivity contribution >= 4 is 11.6 Å². The SMILES string of the molecule is CCCCN(CC(N)=O)c1ccc(F)cc1CNC. The molecule has 0 aliphatic carbocycles. The molecular formula is C14H22FN3O. The zero-order valence-corrected chi connectivity index (χ0v) is 11.6. The molecule has 19 heavy (non-hydrogen) atoms. The van der Waals surface area contributed by atoms with Crippen LogP contribution in [0.1, 0.15) is 25.3 Å². The normalized spacial score (nSPS) is 10.5. The Balaban J connectivity index is 3.01. The van der Waals surface area contributed by atoms with E-state index < -0.39 is 0 Å². The molecule has 0 radical (unpaired) electrons. The summed E-state index contributed by atoms with van der Waals surface area (Å²) in [5.74, 6) is -0.653. The summed E-state index contributed by atoms with van der Waals surface area (Å²) in [4.78, 5) is 13.1. The van der Waals surface area contributed by atoms with Crippen LogP contribution < -0.4 is 16.0 Å². The van der Waals surface area contributed by atoms with Gasteiger partial charge in [0.15, 0.2) is 0 Å². The van der Waals surface area contributed by atoms with Crippen molar-refractivity contribution in [2.24, 2.45) is 5.73 Å². The van der Waals surface area contributed by atoms with Gasteiger partial charge in [0.05, 0.1) is 6.54 Å². The van der Waals surface area contributed by atoms with E-state index in [9.17, 15) is 9.18 Å². The molecule has 0 aliphatic heterocycles. The smallest absolute Gasteiger partial charge is 0.236 e.